The van der Waals surface area contributed by atoms with Gasteiger partial charge >= 0.3 is 0 Å². The fraction of sp³-hybridized carbons (Fsp3) is 0.182. The van der Waals surface area contributed by atoms with Crippen LogP contribution >= 0.6 is 24.0 Å². The van der Waals surface area contributed by atoms with E-state index in [1.807, 2.05) is 30.7 Å². The van der Waals surface area contributed by atoms with Crippen LogP contribution in [0.15, 0.2) is 30.5 Å². The van der Waals surface area contributed by atoms with Crippen molar-refractivity contribution < 1.29 is 0 Å². The fourth-order valence-electron chi connectivity index (χ4n) is 1.63. The number of nitrogens with two attached hydrogens (primary N) is 1. The van der Waals surface area contributed by atoms with E-state index in [1.54, 1.807) is 5.01 Å². The van der Waals surface area contributed by atoms with Crippen molar-refractivity contribution in [2.24, 2.45) is 5.84 Å². The van der Waals surface area contributed by atoms with Gasteiger partial charge in [0.15, 0.2) is 0 Å². The molecule has 3 N–H and O–H groups in total. The molecule has 0 aliphatic carbocycles. The molecule has 16 heavy (non-hydrogen) atoms. The van der Waals surface area contributed by atoms with Gasteiger partial charge in [0.25, 0.3) is 0 Å². The number of hydrazine groups is 1. The Bertz CT molecular complexity index is 507. The van der Waals surface area contributed by atoms with Gasteiger partial charge in [-0.25, -0.2) is 5.84 Å². The lowest BCUT2D eigenvalue weighted by Crippen LogP contribution is -2.33. The number of hydrogen-bond donors (Lipinski definition) is 2. The minimum absolute atomic E-state index is 0.629. The maximum atomic E-state index is 5.87. The minimum atomic E-state index is 0.629. The van der Waals surface area contributed by atoms with Crippen LogP contribution in [0.4, 0.5) is 0 Å². The van der Waals surface area contributed by atoms with E-state index in [0.717, 1.165) is 11.1 Å². The third-order valence-corrected chi connectivity index (χ3v) is 3.74. The summed E-state index contributed by atoms with van der Waals surface area (Å²) in [7, 11) is 0. The molecule has 3 nitrogen and oxygen atoms in total. The van der Waals surface area contributed by atoms with Gasteiger partial charge < -0.3 is 4.98 Å². The summed E-state index contributed by atoms with van der Waals surface area (Å²) in [5.41, 5.74) is 2.29. The molecule has 2 rings (SSSR count). The lowest BCUT2D eigenvalue weighted by atomic mass is 10.2. The van der Waals surface area contributed by atoms with Gasteiger partial charge in [0.2, 0.25) is 0 Å². The van der Waals surface area contributed by atoms with Gasteiger partial charge in [-0.15, -0.1) is 0 Å². The standard InChI is InChI=1S/C11H13N3S2/c1-16-11(15)14(12)7-8-6-13-10-5-3-2-4-9(8)10/h2-6,13H,7,12H2,1H3. The summed E-state index contributed by atoms with van der Waals surface area (Å²) < 4.78 is 0.699. The Morgan fingerprint density at radius 3 is 3.00 bits per heavy atom. The third kappa shape index (κ3) is 2.21. The lowest BCUT2D eigenvalue weighted by Gasteiger charge is -2.16. The summed E-state index contributed by atoms with van der Waals surface area (Å²) in [4.78, 5) is 3.22. The van der Waals surface area contributed by atoms with E-state index >= 15 is 0 Å². The van der Waals surface area contributed by atoms with Crippen LogP contribution in [-0.2, 0) is 6.54 Å². The molecule has 84 valence electrons. The number of benzene rings is 1. The highest BCUT2D eigenvalue weighted by Crippen LogP contribution is 2.19. The van der Waals surface area contributed by atoms with Crippen molar-refractivity contribution in [1.82, 2.24) is 9.99 Å². The highest BCUT2D eigenvalue weighted by atomic mass is 32.2. The molecule has 0 aliphatic rings. The Balaban J connectivity index is 2.24. The van der Waals surface area contributed by atoms with Crippen LogP contribution in [0.2, 0.25) is 0 Å². The Hall–Kier alpha value is -1.04. The van der Waals surface area contributed by atoms with Crippen molar-refractivity contribution in [3.63, 3.8) is 0 Å². The molecule has 0 unspecified atom stereocenters. The first-order valence-electron chi connectivity index (χ1n) is 4.87. The normalized spacial score (nSPS) is 10.6. The van der Waals surface area contributed by atoms with Gasteiger partial charge in [0.1, 0.15) is 4.32 Å². The quantitative estimate of drug-likeness (QED) is 0.489. The summed E-state index contributed by atoms with van der Waals surface area (Å²) >= 11 is 6.61. The molecular weight excluding hydrogens is 238 g/mol. The van der Waals surface area contributed by atoms with E-state index in [4.69, 9.17) is 18.1 Å². The van der Waals surface area contributed by atoms with Crippen LogP contribution in [0.5, 0.6) is 0 Å². The number of rotatable bonds is 2. The Morgan fingerprint density at radius 1 is 1.50 bits per heavy atom. The zero-order valence-electron chi connectivity index (χ0n) is 8.93. The van der Waals surface area contributed by atoms with Crippen LogP contribution < -0.4 is 5.84 Å². The number of aromatic nitrogens is 1. The molecule has 0 fully saturated rings. The third-order valence-electron chi connectivity index (χ3n) is 2.42. The van der Waals surface area contributed by atoms with Gasteiger partial charge in [-0.2, -0.15) is 0 Å². The average molecular weight is 251 g/mol. The Labute approximate surface area is 104 Å². The Morgan fingerprint density at radius 2 is 2.25 bits per heavy atom. The zero-order chi connectivity index (χ0) is 11.5. The molecule has 1 aromatic heterocycles. The van der Waals surface area contributed by atoms with Crippen molar-refractivity contribution in [3.05, 3.63) is 36.0 Å². The highest BCUT2D eigenvalue weighted by Gasteiger charge is 2.08. The first-order chi connectivity index (χ1) is 7.72. The van der Waals surface area contributed by atoms with Crippen LogP contribution in [0.3, 0.4) is 0 Å². The van der Waals surface area contributed by atoms with E-state index in [-0.39, 0.29) is 0 Å². The number of thioether (sulfide) groups is 1. The van der Waals surface area contributed by atoms with Gasteiger partial charge in [-0.05, 0) is 17.9 Å². The minimum Gasteiger partial charge on any atom is -0.361 e. The first-order valence-corrected chi connectivity index (χ1v) is 6.51. The number of aromatic amines is 1. The van der Waals surface area contributed by atoms with Gasteiger partial charge in [0, 0.05) is 17.1 Å². The molecule has 0 atom stereocenters. The number of para-hydroxylation sites is 1. The molecule has 1 aromatic carbocycles. The summed E-state index contributed by atoms with van der Waals surface area (Å²) in [6, 6.07) is 8.16. The lowest BCUT2D eigenvalue weighted by molar-refractivity contribution is 0.452. The molecule has 0 saturated carbocycles. The summed E-state index contributed by atoms with van der Waals surface area (Å²) in [5.74, 6) is 5.87. The Kier molecular flexibility index (Phi) is 3.48. The van der Waals surface area contributed by atoms with E-state index in [2.05, 4.69) is 11.1 Å². The van der Waals surface area contributed by atoms with Crippen molar-refractivity contribution in [2.45, 2.75) is 6.54 Å². The van der Waals surface area contributed by atoms with Crippen molar-refractivity contribution in [2.75, 3.05) is 6.26 Å². The molecule has 0 saturated heterocycles. The SMILES string of the molecule is CSC(=S)N(N)Cc1c[nH]c2ccccc12. The summed E-state index contributed by atoms with van der Waals surface area (Å²) in [6.07, 6.45) is 3.91. The van der Waals surface area contributed by atoms with Crippen molar-refractivity contribution in [1.29, 1.82) is 0 Å². The molecule has 0 aliphatic heterocycles. The number of fused-ring (bicyclic) bond motifs is 1. The van der Waals surface area contributed by atoms with Crippen LogP contribution in [-0.4, -0.2) is 20.6 Å². The largest absolute Gasteiger partial charge is 0.361 e. The maximum absolute atomic E-state index is 5.87. The average Bonchev–Trinajstić information content (AvgIpc) is 2.72. The van der Waals surface area contributed by atoms with E-state index in [0.29, 0.717) is 10.9 Å². The van der Waals surface area contributed by atoms with Gasteiger partial charge in [-0.1, -0.05) is 42.2 Å². The predicted octanol–water partition coefficient (Wildman–Crippen LogP) is 2.49. The van der Waals surface area contributed by atoms with Crippen molar-refractivity contribution >= 4 is 39.2 Å². The fourth-order valence-corrected chi connectivity index (χ4v) is 1.99. The molecule has 5 heteroatoms. The number of thiocarbonyl (C=S) groups is 1. The second kappa shape index (κ2) is 4.86. The van der Waals surface area contributed by atoms with Crippen LogP contribution in [0, 0.1) is 0 Å². The van der Waals surface area contributed by atoms with E-state index in [9.17, 15) is 0 Å². The number of H-pyrrole nitrogens is 1. The van der Waals surface area contributed by atoms with Crippen LogP contribution in [0.25, 0.3) is 10.9 Å². The molecular formula is C11H13N3S2. The highest BCUT2D eigenvalue weighted by molar-refractivity contribution is 8.22. The second-order valence-corrected chi connectivity index (χ2v) is 4.90. The molecule has 0 spiro atoms. The zero-order valence-corrected chi connectivity index (χ0v) is 10.6. The van der Waals surface area contributed by atoms with Crippen molar-refractivity contribution in [3.8, 4) is 0 Å². The van der Waals surface area contributed by atoms with E-state index < -0.39 is 0 Å². The number of nitrogens with one attached hydrogen (secondary N) is 1. The van der Waals surface area contributed by atoms with Gasteiger partial charge in [0.05, 0.1) is 6.54 Å². The molecule has 0 amide bonds. The smallest absolute Gasteiger partial charge is 0.150 e. The first kappa shape index (κ1) is 11.4. The molecule has 0 radical (unpaired) electrons. The van der Waals surface area contributed by atoms with E-state index in [1.165, 1.54) is 17.1 Å². The topological polar surface area (TPSA) is 45.0 Å². The second-order valence-electron chi connectivity index (χ2n) is 3.46. The number of nitrogens with zero attached hydrogens (tertiary/aromatic N) is 1. The molecule has 0 bridgehead atoms. The van der Waals surface area contributed by atoms with Gasteiger partial charge in [-0.3, -0.25) is 5.01 Å². The summed E-state index contributed by atoms with van der Waals surface area (Å²) in [6.45, 7) is 0.629. The molecule has 2 aromatic rings. The molecule has 1 heterocycles. The maximum Gasteiger partial charge on any atom is 0.150 e. The predicted molar refractivity (Wildman–Crippen MR) is 74.1 cm³/mol. The monoisotopic (exact) mass is 251 g/mol. The summed E-state index contributed by atoms with van der Waals surface area (Å²) in [5, 5.41) is 2.79. The number of hydrogen-bond acceptors (Lipinski definition) is 3. The van der Waals surface area contributed by atoms with Crippen LogP contribution in [0.1, 0.15) is 5.56 Å².